The van der Waals surface area contributed by atoms with E-state index >= 15 is 0 Å². The summed E-state index contributed by atoms with van der Waals surface area (Å²) >= 11 is 12.3. The van der Waals surface area contributed by atoms with Crippen molar-refractivity contribution in [1.82, 2.24) is 0 Å². The summed E-state index contributed by atoms with van der Waals surface area (Å²) in [6.45, 7) is 0. The first-order valence-corrected chi connectivity index (χ1v) is 11.9. The van der Waals surface area contributed by atoms with Crippen LogP contribution >= 0.6 is 23.2 Å². The maximum Gasteiger partial charge on any atom is 0.283 e. The molecule has 0 atom stereocenters. The Morgan fingerprint density at radius 1 is 0.865 bits per heavy atom. The van der Waals surface area contributed by atoms with E-state index < -0.39 is 11.8 Å². The van der Waals surface area contributed by atoms with Crippen molar-refractivity contribution in [3.05, 3.63) is 106 Å². The van der Waals surface area contributed by atoms with Crippen molar-refractivity contribution in [2.75, 3.05) is 22.6 Å². The quantitative estimate of drug-likeness (QED) is 0.289. The molecule has 0 unspecified atom stereocenters. The van der Waals surface area contributed by atoms with Crippen LogP contribution in [0.1, 0.15) is 10.4 Å². The third kappa shape index (κ3) is 4.62. The molecule has 184 valence electrons. The second kappa shape index (κ2) is 9.97. The van der Waals surface area contributed by atoms with Gasteiger partial charge in [-0.15, -0.1) is 0 Å². The molecule has 2 N–H and O–H groups in total. The molecule has 5 rings (SSSR count). The van der Waals surface area contributed by atoms with Gasteiger partial charge < -0.3 is 15.4 Å². The van der Waals surface area contributed by atoms with E-state index in [0.29, 0.717) is 27.7 Å². The van der Waals surface area contributed by atoms with Gasteiger partial charge in [0.1, 0.15) is 16.5 Å². The number of imide groups is 1. The van der Waals surface area contributed by atoms with Crippen LogP contribution in [0, 0.1) is 0 Å². The Morgan fingerprint density at radius 2 is 1.59 bits per heavy atom. The topological polar surface area (TPSA) is 87.7 Å². The largest absolute Gasteiger partial charge is 0.495 e. The van der Waals surface area contributed by atoms with Crippen LogP contribution in [0.15, 0.2) is 95.7 Å². The van der Waals surface area contributed by atoms with Crippen molar-refractivity contribution in [3.63, 3.8) is 0 Å². The lowest BCUT2D eigenvalue weighted by Gasteiger charge is -2.18. The summed E-state index contributed by atoms with van der Waals surface area (Å²) < 4.78 is 5.28. The first-order chi connectivity index (χ1) is 17.9. The zero-order valence-corrected chi connectivity index (χ0v) is 20.9. The molecule has 0 bridgehead atoms. The van der Waals surface area contributed by atoms with Crippen LogP contribution in [0.25, 0.3) is 10.8 Å². The average Bonchev–Trinajstić information content (AvgIpc) is 3.12. The summed E-state index contributed by atoms with van der Waals surface area (Å²) in [5.74, 6) is -1.36. The van der Waals surface area contributed by atoms with Gasteiger partial charge in [0.25, 0.3) is 17.7 Å². The van der Waals surface area contributed by atoms with Crippen molar-refractivity contribution in [3.8, 4) is 5.75 Å². The van der Waals surface area contributed by atoms with Gasteiger partial charge in [-0.3, -0.25) is 14.4 Å². The maximum absolute atomic E-state index is 13.1. The van der Waals surface area contributed by atoms with Gasteiger partial charge in [0.2, 0.25) is 0 Å². The van der Waals surface area contributed by atoms with Gasteiger partial charge >= 0.3 is 0 Å². The zero-order chi connectivity index (χ0) is 26.1. The van der Waals surface area contributed by atoms with Crippen LogP contribution in [-0.2, 0) is 9.59 Å². The zero-order valence-electron chi connectivity index (χ0n) is 19.4. The third-order valence-electron chi connectivity index (χ3n) is 5.86. The molecule has 0 aromatic heterocycles. The average molecular weight is 532 g/mol. The van der Waals surface area contributed by atoms with Crippen molar-refractivity contribution in [1.29, 1.82) is 0 Å². The van der Waals surface area contributed by atoms with E-state index in [1.165, 1.54) is 13.2 Å². The van der Waals surface area contributed by atoms with E-state index in [2.05, 4.69) is 10.6 Å². The van der Waals surface area contributed by atoms with Crippen LogP contribution in [0.5, 0.6) is 5.75 Å². The van der Waals surface area contributed by atoms with Crippen LogP contribution in [0.4, 0.5) is 17.1 Å². The second-order valence-corrected chi connectivity index (χ2v) is 8.95. The predicted molar refractivity (Wildman–Crippen MR) is 145 cm³/mol. The lowest BCUT2D eigenvalue weighted by atomic mass is 10.1. The molecule has 7 nitrogen and oxygen atoms in total. The Labute approximate surface area is 222 Å². The highest BCUT2D eigenvalue weighted by Crippen LogP contribution is 2.37. The molecule has 1 heterocycles. The third-order valence-corrected chi connectivity index (χ3v) is 6.45. The Balaban J connectivity index is 1.34. The summed E-state index contributed by atoms with van der Waals surface area (Å²) in [6.07, 6.45) is 0. The van der Waals surface area contributed by atoms with Crippen LogP contribution in [0.3, 0.4) is 0 Å². The number of hydrogen-bond donors (Lipinski definition) is 2. The highest BCUT2D eigenvalue weighted by Gasteiger charge is 2.40. The molecular weight excluding hydrogens is 513 g/mol. The minimum absolute atomic E-state index is 0.0957. The van der Waals surface area contributed by atoms with Crippen molar-refractivity contribution in [2.45, 2.75) is 0 Å². The monoisotopic (exact) mass is 531 g/mol. The van der Waals surface area contributed by atoms with E-state index in [1.54, 1.807) is 36.4 Å². The molecule has 4 aromatic rings. The summed E-state index contributed by atoms with van der Waals surface area (Å²) in [5, 5.41) is 7.83. The number of carbonyl (C=O) groups excluding carboxylic acids is 3. The number of nitrogens with one attached hydrogen (secondary N) is 2. The molecule has 9 heteroatoms. The van der Waals surface area contributed by atoms with Gasteiger partial charge in [-0.05, 0) is 53.9 Å². The Bertz CT molecular complexity index is 1590. The Kier molecular flexibility index (Phi) is 6.56. The Morgan fingerprint density at radius 3 is 2.35 bits per heavy atom. The SMILES string of the molecule is COc1ccc(Cl)cc1N1C(=O)C(Cl)=C(Nc2ccc(C(=O)Nc3cccc4ccccc34)cc2)C1=O. The number of fused-ring (bicyclic) bond motifs is 1. The molecule has 4 aromatic carbocycles. The predicted octanol–water partition coefficient (Wildman–Crippen LogP) is 6.19. The number of anilines is 3. The molecule has 0 spiro atoms. The number of hydrogen-bond acceptors (Lipinski definition) is 5. The number of halogens is 2. The van der Waals surface area contributed by atoms with Crippen molar-refractivity contribution < 1.29 is 19.1 Å². The highest BCUT2D eigenvalue weighted by atomic mass is 35.5. The fourth-order valence-corrected chi connectivity index (χ4v) is 4.43. The van der Waals surface area contributed by atoms with Crippen LogP contribution < -0.4 is 20.3 Å². The van der Waals surface area contributed by atoms with Crippen molar-refractivity contribution >= 4 is 68.8 Å². The first-order valence-electron chi connectivity index (χ1n) is 11.2. The molecule has 1 aliphatic heterocycles. The van der Waals surface area contributed by atoms with E-state index in [-0.39, 0.29) is 22.3 Å². The lowest BCUT2D eigenvalue weighted by Crippen LogP contribution is -2.32. The number of ether oxygens (including phenoxy) is 1. The second-order valence-electron chi connectivity index (χ2n) is 8.13. The number of benzene rings is 4. The fourth-order valence-electron chi connectivity index (χ4n) is 4.05. The van der Waals surface area contributed by atoms with Gasteiger partial charge in [0.05, 0.1) is 12.8 Å². The lowest BCUT2D eigenvalue weighted by molar-refractivity contribution is -0.120. The number of carbonyl (C=O) groups is 3. The van der Waals surface area contributed by atoms with E-state index in [1.807, 2.05) is 42.5 Å². The van der Waals surface area contributed by atoms with E-state index in [0.717, 1.165) is 15.7 Å². The number of methoxy groups -OCH3 is 1. The maximum atomic E-state index is 13.1. The summed E-state index contributed by atoms with van der Waals surface area (Å²) in [4.78, 5) is 39.7. The minimum atomic E-state index is -0.708. The number of amides is 3. The van der Waals surface area contributed by atoms with Crippen LogP contribution in [0.2, 0.25) is 5.02 Å². The number of rotatable bonds is 6. The first kappa shape index (κ1) is 24.4. The summed E-state index contributed by atoms with van der Waals surface area (Å²) in [7, 11) is 1.42. The van der Waals surface area contributed by atoms with Gasteiger partial charge in [0.15, 0.2) is 0 Å². The minimum Gasteiger partial charge on any atom is -0.495 e. The van der Waals surface area contributed by atoms with Gasteiger partial charge in [-0.2, -0.15) is 0 Å². The molecule has 3 amide bonds. The van der Waals surface area contributed by atoms with Gasteiger partial charge in [-0.1, -0.05) is 59.6 Å². The Hall–Kier alpha value is -4.33. The highest BCUT2D eigenvalue weighted by molar-refractivity contribution is 6.53. The standard InChI is InChI=1S/C28H19Cl2N3O4/c1-37-23-14-11-18(29)15-22(23)33-27(35)24(30)25(28(33)36)31-19-12-9-17(10-13-19)26(34)32-21-8-4-6-16-5-2-3-7-20(16)21/h2-15,31H,1H3,(H,32,34). The molecule has 0 saturated heterocycles. The summed E-state index contributed by atoms with van der Waals surface area (Å²) in [5.41, 5.74) is 1.67. The summed E-state index contributed by atoms with van der Waals surface area (Å²) in [6, 6.07) is 24.5. The van der Waals surface area contributed by atoms with Crippen LogP contribution in [-0.4, -0.2) is 24.8 Å². The smallest absolute Gasteiger partial charge is 0.283 e. The normalized spacial score (nSPS) is 13.3. The van der Waals surface area contributed by atoms with Gasteiger partial charge in [0, 0.05) is 27.3 Å². The molecular formula is C28H19Cl2N3O4. The molecule has 0 aliphatic carbocycles. The molecule has 0 fully saturated rings. The van der Waals surface area contributed by atoms with E-state index in [9.17, 15) is 14.4 Å². The number of nitrogens with zero attached hydrogens (tertiary/aromatic N) is 1. The van der Waals surface area contributed by atoms with E-state index in [4.69, 9.17) is 27.9 Å². The molecule has 1 aliphatic rings. The molecule has 37 heavy (non-hydrogen) atoms. The molecule has 0 radical (unpaired) electrons. The van der Waals surface area contributed by atoms with Gasteiger partial charge in [-0.25, -0.2) is 4.90 Å². The molecule has 0 saturated carbocycles. The van der Waals surface area contributed by atoms with Crippen molar-refractivity contribution in [2.24, 2.45) is 0 Å². The fraction of sp³-hybridized carbons (Fsp3) is 0.0357.